The Morgan fingerprint density at radius 1 is 0.821 bits per heavy atom. The third-order valence-corrected chi connectivity index (χ3v) is 7.32. The first kappa shape index (κ1) is 24.5. The Balaban J connectivity index is 1.39. The highest BCUT2D eigenvalue weighted by molar-refractivity contribution is 5.91. The number of rotatable bonds is 6. The fourth-order valence-corrected chi connectivity index (χ4v) is 5.08. The van der Waals surface area contributed by atoms with E-state index in [1.165, 1.54) is 22.3 Å². The lowest BCUT2D eigenvalue weighted by Crippen LogP contribution is -1.96. The highest BCUT2D eigenvalue weighted by Gasteiger charge is 2.14. The fraction of sp³-hybridized carbons (Fsp3) is 0.114. The lowest BCUT2D eigenvalue weighted by Gasteiger charge is -2.15. The molecular formula is C35H30N4. The minimum absolute atomic E-state index is 0.714. The highest BCUT2D eigenvalue weighted by atomic mass is 15.3. The predicted molar refractivity (Wildman–Crippen MR) is 161 cm³/mol. The molecule has 6 aromatic rings. The fourth-order valence-electron chi connectivity index (χ4n) is 5.08. The van der Waals surface area contributed by atoms with Gasteiger partial charge < -0.3 is 0 Å². The van der Waals surface area contributed by atoms with Gasteiger partial charge in [-0.1, -0.05) is 97.4 Å². The standard InChI is InChI=1S/C35H30N4/c1-4-25(5-2)22-32(31-19-17-28-12-9-21-36-34(28)24(31)3)27-13-15-29(16-14-27)35-37-33-20-18-30(23-39(33)38-35)26-10-7-6-8-11-26/h4,6-23H,5H2,1-3H3/b25-4+,32-22-. The zero-order chi connectivity index (χ0) is 26.8. The van der Waals surface area contributed by atoms with Crippen LogP contribution < -0.4 is 0 Å². The molecule has 0 saturated heterocycles. The van der Waals surface area contributed by atoms with Crippen molar-refractivity contribution in [2.24, 2.45) is 0 Å². The molecule has 4 nitrogen and oxygen atoms in total. The summed E-state index contributed by atoms with van der Waals surface area (Å²) in [4.78, 5) is 9.47. The Hall–Kier alpha value is -4.83. The van der Waals surface area contributed by atoms with E-state index in [9.17, 15) is 0 Å². The molecule has 0 radical (unpaired) electrons. The van der Waals surface area contributed by atoms with Crippen molar-refractivity contribution in [2.75, 3.05) is 0 Å². The number of aromatic nitrogens is 4. The quantitative estimate of drug-likeness (QED) is 0.212. The summed E-state index contributed by atoms with van der Waals surface area (Å²) in [7, 11) is 0. The van der Waals surface area contributed by atoms with Crippen molar-refractivity contribution in [1.82, 2.24) is 19.6 Å². The molecule has 4 heteroatoms. The molecule has 0 aliphatic heterocycles. The zero-order valence-electron chi connectivity index (χ0n) is 22.5. The van der Waals surface area contributed by atoms with E-state index in [4.69, 9.17) is 10.1 Å². The van der Waals surface area contributed by atoms with Crippen LogP contribution in [0.3, 0.4) is 0 Å². The van der Waals surface area contributed by atoms with Gasteiger partial charge in [-0.15, -0.1) is 5.10 Å². The van der Waals surface area contributed by atoms with E-state index < -0.39 is 0 Å². The van der Waals surface area contributed by atoms with Gasteiger partial charge in [0, 0.05) is 28.9 Å². The van der Waals surface area contributed by atoms with Crippen LogP contribution in [0.4, 0.5) is 0 Å². The highest BCUT2D eigenvalue weighted by Crippen LogP contribution is 2.32. The van der Waals surface area contributed by atoms with Crippen molar-refractivity contribution in [3.8, 4) is 22.5 Å². The molecule has 0 spiro atoms. The van der Waals surface area contributed by atoms with Crippen LogP contribution in [0.1, 0.15) is 37.0 Å². The number of fused-ring (bicyclic) bond motifs is 2. The number of nitrogens with zero attached hydrogens (tertiary/aromatic N) is 4. The second-order valence-corrected chi connectivity index (χ2v) is 9.69. The number of aryl methyl sites for hydroxylation is 1. The summed E-state index contributed by atoms with van der Waals surface area (Å²) in [6.07, 6.45) is 9.37. The minimum atomic E-state index is 0.714. The Kier molecular flexibility index (Phi) is 6.60. The van der Waals surface area contributed by atoms with E-state index in [0.29, 0.717) is 5.82 Å². The van der Waals surface area contributed by atoms with Crippen molar-refractivity contribution in [2.45, 2.75) is 27.2 Å². The van der Waals surface area contributed by atoms with Gasteiger partial charge in [-0.05, 0) is 66.3 Å². The number of benzene rings is 3. The van der Waals surface area contributed by atoms with Crippen LogP contribution in [0.25, 0.3) is 44.6 Å². The third-order valence-electron chi connectivity index (χ3n) is 7.32. The SMILES string of the molecule is C/C=C(/C=C(/c1ccc(-c2nc3ccc(-c4ccccc4)cn3n2)cc1)c1ccc2cccnc2c1C)CC. The second-order valence-electron chi connectivity index (χ2n) is 9.69. The van der Waals surface area contributed by atoms with Crippen LogP contribution in [0.2, 0.25) is 0 Å². The molecule has 0 bridgehead atoms. The maximum atomic E-state index is 4.80. The number of hydrogen-bond acceptors (Lipinski definition) is 3. The van der Waals surface area contributed by atoms with E-state index >= 15 is 0 Å². The molecule has 0 saturated carbocycles. The molecule has 39 heavy (non-hydrogen) atoms. The van der Waals surface area contributed by atoms with Crippen molar-refractivity contribution in [3.63, 3.8) is 0 Å². The smallest absolute Gasteiger partial charge is 0.182 e. The van der Waals surface area contributed by atoms with Crippen LogP contribution in [0.15, 0.2) is 121 Å². The summed E-state index contributed by atoms with van der Waals surface area (Å²) in [5.74, 6) is 0.714. The lowest BCUT2D eigenvalue weighted by atomic mass is 9.90. The Labute approximate surface area is 229 Å². The maximum Gasteiger partial charge on any atom is 0.182 e. The number of pyridine rings is 2. The molecule has 6 rings (SSSR count). The van der Waals surface area contributed by atoms with E-state index in [1.54, 1.807) is 0 Å². The summed E-state index contributed by atoms with van der Waals surface area (Å²) in [6, 6.07) is 31.5. The summed E-state index contributed by atoms with van der Waals surface area (Å²) >= 11 is 0. The lowest BCUT2D eigenvalue weighted by molar-refractivity contribution is 0.967. The van der Waals surface area contributed by atoms with Crippen LogP contribution in [-0.4, -0.2) is 19.6 Å². The number of hydrogen-bond donors (Lipinski definition) is 0. The topological polar surface area (TPSA) is 43.1 Å². The zero-order valence-corrected chi connectivity index (χ0v) is 22.5. The normalized spacial score (nSPS) is 12.4. The number of allylic oxidation sites excluding steroid dienone is 3. The largest absolute Gasteiger partial charge is 0.256 e. The first-order valence-corrected chi connectivity index (χ1v) is 13.4. The van der Waals surface area contributed by atoms with Gasteiger partial charge in [-0.3, -0.25) is 4.98 Å². The molecule has 190 valence electrons. The second kappa shape index (κ2) is 10.5. The molecule has 0 atom stereocenters. The molecule has 0 aliphatic rings. The first-order valence-electron chi connectivity index (χ1n) is 13.4. The van der Waals surface area contributed by atoms with Crippen LogP contribution in [0, 0.1) is 6.92 Å². The monoisotopic (exact) mass is 506 g/mol. The van der Waals surface area contributed by atoms with E-state index in [0.717, 1.165) is 45.2 Å². The summed E-state index contributed by atoms with van der Waals surface area (Å²) in [5.41, 5.74) is 11.2. The molecule has 3 aromatic carbocycles. The van der Waals surface area contributed by atoms with E-state index in [-0.39, 0.29) is 0 Å². The molecule has 0 N–H and O–H groups in total. The molecule has 0 fully saturated rings. The average Bonchev–Trinajstić information content (AvgIpc) is 3.43. The summed E-state index contributed by atoms with van der Waals surface area (Å²) in [5, 5.41) is 5.95. The Morgan fingerprint density at radius 2 is 1.62 bits per heavy atom. The van der Waals surface area contributed by atoms with Gasteiger partial charge in [-0.2, -0.15) is 0 Å². The van der Waals surface area contributed by atoms with Crippen molar-refractivity contribution in [3.05, 3.63) is 138 Å². The summed E-state index contributed by atoms with van der Waals surface area (Å²) < 4.78 is 1.86. The molecule has 3 heterocycles. The molecule has 0 aliphatic carbocycles. The van der Waals surface area contributed by atoms with Gasteiger partial charge in [0.05, 0.1) is 5.52 Å². The van der Waals surface area contributed by atoms with Crippen molar-refractivity contribution < 1.29 is 0 Å². The van der Waals surface area contributed by atoms with Gasteiger partial charge in [-0.25, -0.2) is 9.50 Å². The maximum absolute atomic E-state index is 4.80. The van der Waals surface area contributed by atoms with E-state index in [1.807, 2.05) is 47.2 Å². The Bertz CT molecular complexity index is 1840. The van der Waals surface area contributed by atoms with Crippen LogP contribution in [0.5, 0.6) is 0 Å². The Morgan fingerprint density at radius 3 is 2.38 bits per heavy atom. The molecule has 0 amide bonds. The first-order chi connectivity index (χ1) is 19.1. The van der Waals surface area contributed by atoms with Crippen LogP contribution in [-0.2, 0) is 0 Å². The van der Waals surface area contributed by atoms with Gasteiger partial charge in [0.25, 0.3) is 0 Å². The third kappa shape index (κ3) is 4.77. The van der Waals surface area contributed by atoms with Crippen molar-refractivity contribution in [1.29, 1.82) is 0 Å². The van der Waals surface area contributed by atoms with Crippen LogP contribution >= 0.6 is 0 Å². The molecule has 3 aromatic heterocycles. The van der Waals surface area contributed by atoms with Gasteiger partial charge in [0.2, 0.25) is 0 Å². The minimum Gasteiger partial charge on any atom is -0.256 e. The van der Waals surface area contributed by atoms with Crippen molar-refractivity contribution >= 4 is 22.1 Å². The molecule has 0 unspecified atom stereocenters. The predicted octanol–water partition coefficient (Wildman–Crippen LogP) is 8.71. The van der Waals surface area contributed by atoms with E-state index in [2.05, 4.69) is 98.6 Å². The van der Waals surface area contributed by atoms with Gasteiger partial charge >= 0.3 is 0 Å². The molecular weight excluding hydrogens is 476 g/mol. The average molecular weight is 507 g/mol. The van der Waals surface area contributed by atoms with Gasteiger partial charge in [0.1, 0.15) is 0 Å². The van der Waals surface area contributed by atoms with Gasteiger partial charge in [0.15, 0.2) is 11.5 Å². The summed E-state index contributed by atoms with van der Waals surface area (Å²) in [6.45, 7) is 6.46.